The zero-order valence-corrected chi connectivity index (χ0v) is 18.4. The molecule has 1 aliphatic heterocycles. The smallest absolute Gasteiger partial charge is 0.270 e. The molecule has 0 aliphatic carbocycles. The second kappa shape index (κ2) is 9.28. The number of nitrogens with zero attached hydrogens (tertiary/aromatic N) is 2. The minimum atomic E-state index is -0.491. The number of carbonyl (C=O) groups is 2. The maximum atomic E-state index is 13.3. The van der Waals surface area contributed by atoms with Crippen molar-refractivity contribution >= 4 is 52.5 Å². The quantitative estimate of drug-likeness (QED) is 0.377. The van der Waals surface area contributed by atoms with Gasteiger partial charge in [-0.15, -0.1) is 0 Å². The van der Waals surface area contributed by atoms with Gasteiger partial charge in [-0.05, 0) is 54.5 Å². The molecule has 0 N–H and O–H groups in total. The van der Waals surface area contributed by atoms with Crippen LogP contribution in [0.15, 0.2) is 48.0 Å². The number of benzene rings is 2. The van der Waals surface area contributed by atoms with E-state index in [9.17, 15) is 9.59 Å². The Hall–Kier alpha value is -2.90. The van der Waals surface area contributed by atoms with Gasteiger partial charge in [0.1, 0.15) is 5.57 Å². The number of para-hydroxylation sites is 1. The van der Waals surface area contributed by atoms with Crippen molar-refractivity contribution in [1.82, 2.24) is 4.90 Å². The van der Waals surface area contributed by atoms with E-state index in [1.165, 1.54) is 30.1 Å². The van der Waals surface area contributed by atoms with Crippen LogP contribution in [0, 0.1) is 0 Å². The monoisotopic (exact) mass is 444 g/mol. The Balaban J connectivity index is 2.12. The van der Waals surface area contributed by atoms with Gasteiger partial charge >= 0.3 is 0 Å². The van der Waals surface area contributed by atoms with E-state index in [0.29, 0.717) is 40.7 Å². The zero-order chi connectivity index (χ0) is 21.8. The van der Waals surface area contributed by atoms with Crippen LogP contribution >= 0.6 is 23.8 Å². The zero-order valence-electron chi connectivity index (χ0n) is 16.8. The Labute approximate surface area is 185 Å². The highest BCUT2D eigenvalue weighted by Gasteiger charge is 2.39. The molecule has 2 amide bonds. The van der Waals surface area contributed by atoms with E-state index in [4.69, 9.17) is 33.3 Å². The number of hydrogen-bond donors (Lipinski definition) is 0. The summed E-state index contributed by atoms with van der Waals surface area (Å²) in [5, 5.41) is 0.473. The van der Waals surface area contributed by atoms with Crippen LogP contribution in [0.2, 0.25) is 5.02 Å². The molecule has 0 aromatic heterocycles. The molecule has 0 radical (unpaired) electrons. The van der Waals surface area contributed by atoms with Crippen molar-refractivity contribution in [3.8, 4) is 11.5 Å². The maximum absolute atomic E-state index is 13.3. The van der Waals surface area contributed by atoms with Crippen molar-refractivity contribution in [1.29, 1.82) is 0 Å². The largest absolute Gasteiger partial charge is 0.493 e. The van der Waals surface area contributed by atoms with Gasteiger partial charge < -0.3 is 9.47 Å². The van der Waals surface area contributed by atoms with E-state index in [0.717, 1.165) is 0 Å². The van der Waals surface area contributed by atoms with E-state index in [2.05, 4.69) is 0 Å². The van der Waals surface area contributed by atoms with Gasteiger partial charge in [-0.1, -0.05) is 36.7 Å². The fourth-order valence-electron chi connectivity index (χ4n) is 3.19. The summed E-state index contributed by atoms with van der Waals surface area (Å²) in [5.41, 5.74) is 1.12. The fourth-order valence-corrected chi connectivity index (χ4v) is 3.85. The predicted molar refractivity (Wildman–Crippen MR) is 121 cm³/mol. The normalized spacial score (nSPS) is 15.7. The molecule has 0 unspecified atom stereocenters. The summed E-state index contributed by atoms with van der Waals surface area (Å²) >= 11 is 11.8. The number of anilines is 1. The van der Waals surface area contributed by atoms with Crippen LogP contribution < -0.4 is 14.4 Å². The first-order valence-electron chi connectivity index (χ1n) is 9.31. The lowest BCUT2D eigenvalue weighted by Gasteiger charge is -2.36. The number of methoxy groups -OCH3 is 2. The lowest BCUT2D eigenvalue weighted by molar-refractivity contribution is -0.127. The van der Waals surface area contributed by atoms with Crippen molar-refractivity contribution < 1.29 is 19.1 Å². The van der Waals surface area contributed by atoms with E-state index in [1.54, 1.807) is 24.3 Å². The van der Waals surface area contributed by atoms with E-state index < -0.39 is 11.8 Å². The van der Waals surface area contributed by atoms with Crippen molar-refractivity contribution in [2.75, 3.05) is 25.7 Å². The number of carbonyl (C=O) groups excluding carboxylic acids is 2. The molecule has 0 saturated carbocycles. The van der Waals surface area contributed by atoms with Crippen LogP contribution in [0.3, 0.4) is 0 Å². The van der Waals surface area contributed by atoms with Gasteiger partial charge in [-0.2, -0.15) is 0 Å². The van der Waals surface area contributed by atoms with Gasteiger partial charge in [-0.25, -0.2) is 0 Å². The highest BCUT2D eigenvalue weighted by Crippen LogP contribution is 2.37. The molecule has 30 heavy (non-hydrogen) atoms. The SMILES string of the molecule is CCCN1C(=O)/C(=C\c2cc(Cl)c(OC)c(OC)c2)C(=O)N(c2ccccc2)C1=S. The second-order valence-corrected chi connectivity index (χ2v) is 7.28. The van der Waals surface area contributed by atoms with Crippen LogP contribution in [0.1, 0.15) is 18.9 Å². The van der Waals surface area contributed by atoms with Crippen LogP contribution in [-0.2, 0) is 9.59 Å². The van der Waals surface area contributed by atoms with E-state index in [1.807, 2.05) is 25.1 Å². The molecule has 156 valence electrons. The summed E-state index contributed by atoms with van der Waals surface area (Å²) in [5.74, 6) is -0.157. The third-order valence-electron chi connectivity index (χ3n) is 4.56. The summed E-state index contributed by atoms with van der Waals surface area (Å²) in [7, 11) is 2.97. The van der Waals surface area contributed by atoms with Crippen LogP contribution in [0.25, 0.3) is 6.08 Å². The Morgan fingerprint density at radius 2 is 1.77 bits per heavy atom. The molecule has 1 saturated heterocycles. The molecule has 6 nitrogen and oxygen atoms in total. The molecular formula is C22H21ClN2O4S. The number of rotatable bonds is 6. The van der Waals surface area contributed by atoms with Crippen molar-refractivity contribution in [2.45, 2.75) is 13.3 Å². The summed E-state index contributed by atoms with van der Waals surface area (Å²) < 4.78 is 10.6. The summed E-state index contributed by atoms with van der Waals surface area (Å²) in [6.45, 7) is 2.34. The summed E-state index contributed by atoms with van der Waals surface area (Å²) in [4.78, 5) is 29.2. The van der Waals surface area contributed by atoms with Gasteiger partial charge in [0.25, 0.3) is 11.8 Å². The number of amides is 2. The van der Waals surface area contributed by atoms with Gasteiger partial charge in [0, 0.05) is 6.54 Å². The average molecular weight is 445 g/mol. The molecule has 1 aliphatic rings. The third-order valence-corrected chi connectivity index (χ3v) is 5.24. The highest BCUT2D eigenvalue weighted by atomic mass is 35.5. The highest BCUT2D eigenvalue weighted by molar-refractivity contribution is 7.80. The first-order valence-corrected chi connectivity index (χ1v) is 10.1. The minimum Gasteiger partial charge on any atom is -0.493 e. The summed E-state index contributed by atoms with van der Waals surface area (Å²) in [6, 6.07) is 12.3. The summed E-state index contributed by atoms with van der Waals surface area (Å²) in [6.07, 6.45) is 2.19. The Morgan fingerprint density at radius 1 is 1.07 bits per heavy atom. The second-order valence-electron chi connectivity index (χ2n) is 6.51. The van der Waals surface area contributed by atoms with E-state index >= 15 is 0 Å². The third kappa shape index (κ3) is 4.04. The molecule has 0 bridgehead atoms. The topological polar surface area (TPSA) is 59.1 Å². The lowest BCUT2D eigenvalue weighted by atomic mass is 10.0. The van der Waals surface area contributed by atoms with Crippen LogP contribution in [0.4, 0.5) is 5.69 Å². The maximum Gasteiger partial charge on any atom is 0.270 e. The number of thiocarbonyl (C=S) groups is 1. The number of ether oxygens (including phenoxy) is 2. The molecule has 0 atom stereocenters. The van der Waals surface area contributed by atoms with E-state index in [-0.39, 0.29) is 10.7 Å². The Morgan fingerprint density at radius 3 is 2.37 bits per heavy atom. The number of halogens is 1. The minimum absolute atomic E-state index is 0.0100. The van der Waals surface area contributed by atoms with Crippen molar-refractivity contribution in [2.24, 2.45) is 0 Å². The molecule has 2 aromatic rings. The van der Waals surface area contributed by atoms with Gasteiger partial charge in [-0.3, -0.25) is 19.4 Å². The van der Waals surface area contributed by atoms with Gasteiger partial charge in [0.2, 0.25) is 0 Å². The molecular weight excluding hydrogens is 424 g/mol. The van der Waals surface area contributed by atoms with Gasteiger partial charge in [0.15, 0.2) is 16.6 Å². The number of hydrogen-bond acceptors (Lipinski definition) is 5. The van der Waals surface area contributed by atoms with Crippen molar-refractivity contribution in [3.63, 3.8) is 0 Å². The first-order chi connectivity index (χ1) is 14.4. The molecule has 1 fully saturated rings. The predicted octanol–water partition coefficient (Wildman–Crippen LogP) is 4.31. The molecule has 2 aromatic carbocycles. The molecule has 1 heterocycles. The molecule has 8 heteroatoms. The lowest BCUT2D eigenvalue weighted by Crippen LogP contribution is -2.56. The van der Waals surface area contributed by atoms with Gasteiger partial charge in [0.05, 0.1) is 24.9 Å². The Bertz CT molecular complexity index is 1020. The Kier molecular flexibility index (Phi) is 6.74. The first kappa shape index (κ1) is 21.8. The average Bonchev–Trinajstić information content (AvgIpc) is 2.74. The van der Waals surface area contributed by atoms with Crippen molar-refractivity contribution in [3.05, 3.63) is 58.6 Å². The molecule has 3 rings (SSSR count). The standard InChI is InChI=1S/C22H21ClN2O4S/c1-4-10-24-20(26)16(11-14-12-17(23)19(29-3)18(13-14)28-2)21(27)25(22(24)30)15-8-6-5-7-9-15/h5-9,11-13H,4,10H2,1-3H3/b16-11+. The fraction of sp³-hybridized carbons (Fsp3) is 0.227. The van der Waals surface area contributed by atoms with Crippen LogP contribution in [0.5, 0.6) is 11.5 Å². The van der Waals surface area contributed by atoms with Crippen LogP contribution in [-0.4, -0.2) is 42.6 Å². The molecule has 0 spiro atoms.